The molecular weight excluding hydrogens is 352 g/mol. The van der Waals surface area contributed by atoms with Crippen molar-refractivity contribution in [1.29, 1.82) is 0 Å². The van der Waals surface area contributed by atoms with Gasteiger partial charge in [-0.25, -0.2) is 0 Å². The topological polar surface area (TPSA) is 267 Å². The third-order valence-corrected chi connectivity index (χ3v) is 0. The van der Waals surface area contributed by atoms with Crippen LogP contribution in [0.1, 0.15) is 0 Å². The first kappa shape index (κ1) is 98.2. The Morgan fingerprint density at radius 3 is 0.667 bits per heavy atom. The molecule has 0 unspecified atom stereocenters. The zero-order chi connectivity index (χ0) is 4.50. The molecule has 0 rings (SSSR count). The monoisotopic (exact) mass is 366 g/mol. The summed E-state index contributed by atoms with van der Waals surface area (Å²) in [6.45, 7) is 0. The maximum absolute atomic E-state index is 9.35. The van der Waals surface area contributed by atoms with Gasteiger partial charge in [-0.15, -0.1) is 0 Å². The van der Waals surface area contributed by atoms with Crippen LogP contribution in [0.25, 0.3) is 0 Å². The summed E-state index contributed by atoms with van der Waals surface area (Å²) in [5.41, 5.74) is 0. The predicted octanol–water partition coefficient (Wildman–Crippen LogP) is -16.9. The molecule has 9 nitrogen and oxygen atoms in total. The summed E-state index contributed by atoms with van der Waals surface area (Å²) in [5.74, 6) is 0. The standard InChI is InChI=1S/AsH3O2S2.3Na.7H2O/c2-1(3,4)5;;;;;;;;;;/h(H3,2,3,4,5);;;;7*1H2/q;3*+1;;;;;;;/p-3. The minimum atomic E-state index is -4.21. The molecule has 0 aliphatic rings. The van der Waals surface area contributed by atoms with Gasteiger partial charge in [0.2, 0.25) is 0 Å². The summed E-state index contributed by atoms with van der Waals surface area (Å²) in [6.07, 6.45) is 0. The zero-order valence-corrected chi connectivity index (χ0v) is 18.1. The molecule has 15 heteroatoms. The first-order valence-electron chi connectivity index (χ1n) is 0.730. The molecule has 0 spiro atoms. The second-order valence-electron chi connectivity index (χ2n) is 0.447. The van der Waals surface area contributed by atoms with E-state index >= 15 is 0 Å². The Bertz CT molecular complexity index is 69.5. The molecule has 0 aromatic carbocycles. The Kier molecular flexibility index (Phi) is 343. The van der Waals surface area contributed by atoms with Crippen molar-refractivity contribution >= 4 is 32.7 Å². The quantitative estimate of drug-likeness (QED) is 0.298. The van der Waals surface area contributed by atoms with E-state index in [1.807, 2.05) is 0 Å². The molecule has 0 heterocycles. The Morgan fingerprint density at radius 2 is 0.667 bits per heavy atom. The van der Waals surface area contributed by atoms with E-state index in [2.05, 4.69) is 21.3 Å². The number of hydrogen-bond acceptors (Lipinski definition) is 4. The fourth-order valence-corrected chi connectivity index (χ4v) is 0. The number of hydrogen-bond donors (Lipinski definition) is 0. The van der Waals surface area contributed by atoms with Crippen molar-refractivity contribution in [2.24, 2.45) is 0 Å². The summed E-state index contributed by atoms with van der Waals surface area (Å²) >= 11 is -4.21. The summed E-state index contributed by atoms with van der Waals surface area (Å²) < 4.78 is 18.7. The predicted molar refractivity (Wildman–Crippen MR) is 46.0 cm³/mol. The molecule has 0 aliphatic carbocycles. The van der Waals surface area contributed by atoms with Crippen LogP contribution in [-0.2, 0) is 10.9 Å². The number of rotatable bonds is 0. The van der Waals surface area contributed by atoms with Crippen LogP contribution in [0.4, 0.5) is 0 Å². The minimum absolute atomic E-state index is 0. The molecule has 0 aromatic rings. The molecule has 0 radical (unpaired) electrons. The van der Waals surface area contributed by atoms with Crippen LogP contribution in [0.5, 0.6) is 0 Å². The van der Waals surface area contributed by atoms with Crippen molar-refractivity contribution in [1.82, 2.24) is 0 Å². The summed E-state index contributed by atoms with van der Waals surface area (Å²) in [7, 11) is 7.40. The van der Waals surface area contributed by atoms with E-state index in [4.69, 9.17) is 0 Å². The SMILES string of the molecule is O.O.O.O.O.O.O.[Na+].[Na+].[Na+].[O-][As]([O-])(=S)[S-]. The van der Waals surface area contributed by atoms with Gasteiger partial charge >= 0.3 is 130 Å². The second-order valence-corrected chi connectivity index (χ2v) is 8.52. The van der Waals surface area contributed by atoms with Crippen LogP contribution in [0.15, 0.2) is 0 Å². The van der Waals surface area contributed by atoms with Crippen LogP contribution in [-0.4, -0.2) is 49.7 Å². The average molecular weight is 366 g/mol. The molecule has 0 saturated heterocycles. The molecule has 0 atom stereocenters. The normalized spacial score (nSPS) is 3.93. The summed E-state index contributed by atoms with van der Waals surface area (Å²) in [4.78, 5) is 0. The van der Waals surface area contributed by atoms with E-state index in [-0.39, 0.29) is 127 Å². The molecular formula is H14AsNa3O9S2. The summed E-state index contributed by atoms with van der Waals surface area (Å²) in [6, 6.07) is 0. The Labute approximate surface area is 165 Å². The van der Waals surface area contributed by atoms with Crippen LogP contribution < -0.4 is 96.9 Å². The molecule has 15 heavy (non-hydrogen) atoms. The van der Waals surface area contributed by atoms with Gasteiger partial charge in [0.1, 0.15) is 0 Å². The molecule has 0 aliphatic heterocycles. The van der Waals surface area contributed by atoms with Crippen LogP contribution in [0.3, 0.4) is 0 Å². The van der Waals surface area contributed by atoms with E-state index in [0.717, 1.165) is 0 Å². The third kappa shape index (κ3) is 311. The van der Waals surface area contributed by atoms with Crippen molar-refractivity contribution in [2.45, 2.75) is 0 Å². The van der Waals surface area contributed by atoms with E-state index < -0.39 is 11.4 Å². The Hall–Kier alpha value is 3.77. The van der Waals surface area contributed by atoms with Crippen molar-refractivity contribution < 1.29 is 135 Å². The van der Waals surface area contributed by atoms with E-state index in [1.54, 1.807) is 0 Å². The fraction of sp³-hybridized carbons (Fsp3) is 0. The van der Waals surface area contributed by atoms with Crippen molar-refractivity contribution in [3.8, 4) is 0 Å². The van der Waals surface area contributed by atoms with Gasteiger partial charge in [-0.3, -0.25) is 0 Å². The van der Waals surface area contributed by atoms with Gasteiger partial charge in [0.15, 0.2) is 0 Å². The molecule has 0 bridgehead atoms. The Morgan fingerprint density at radius 1 is 0.667 bits per heavy atom. The van der Waals surface area contributed by atoms with Crippen molar-refractivity contribution in [3.05, 3.63) is 0 Å². The van der Waals surface area contributed by atoms with Gasteiger partial charge in [-0.2, -0.15) is 0 Å². The third-order valence-electron chi connectivity index (χ3n) is 0. The second kappa shape index (κ2) is 52.4. The Balaban J connectivity index is -0.00000000178. The van der Waals surface area contributed by atoms with Gasteiger partial charge in [0.05, 0.1) is 0 Å². The molecule has 0 amide bonds. The molecule has 14 N–H and O–H groups in total. The average Bonchev–Trinajstić information content (AvgIpc) is 0.722. The molecule has 88 valence electrons. The fourth-order valence-electron chi connectivity index (χ4n) is 0. The van der Waals surface area contributed by atoms with Crippen LogP contribution >= 0.6 is 10.4 Å². The molecule has 0 aromatic heterocycles. The molecule has 0 saturated carbocycles. The maximum atomic E-state index is 9.35. The van der Waals surface area contributed by atoms with Gasteiger partial charge < -0.3 is 38.3 Å². The first-order chi connectivity index (χ1) is 2.00. The van der Waals surface area contributed by atoms with E-state index in [0.29, 0.717) is 0 Å². The zero-order valence-electron chi connectivity index (χ0n) is 8.58. The van der Waals surface area contributed by atoms with Crippen molar-refractivity contribution in [3.63, 3.8) is 0 Å². The van der Waals surface area contributed by atoms with Gasteiger partial charge in [-0.05, 0) is 0 Å². The van der Waals surface area contributed by atoms with Crippen LogP contribution in [0.2, 0.25) is 0 Å². The molecule has 0 fully saturated rings. The van der Waals surface area contributed by atoms with E-state index in [9.17, 15) is 8.19 Å². The van der Waals surface area contributed by atoms with Gasteiger partial charge in [0, 0.05) is 0 Å². The van der Waals surface area contributed by atoms with Gasteiger partial charge in [0.25, 0.3) is 0 Å². The van der Waals surface area contributed by atoms with E-state index in [1.165, 1.54) is 0 Å². The first-order valence-corrected chi connectivity index (χ1v) is 7.59. The van der Waals surface area contributed by atoms with Crippen LogP contribution in [0, 0.1) is 0 Å². The van der Waals surface area contributed by atoms with Gasteiger partial charge in [-0.1, -0.05) is 0 Å². The van der Waals surface area contributed by atoms with Crippen molar-refractivity contribution in [2.75, 3.05) is 0 Å². The summed E-state index contributed by atoms with van der Waals surface area (Å²) in [5, 5.41) is 0.